The van der Waals surface area contributed by atoms with Gasteiger partial charge in [-0.2, -0.15) is 5.26 Å². The van der Waals surface area contributed by atoms with Crippen molar-refractivity contribution in [3.05, 3.63) is 53.3 Å². The van der Waals surface area contributed by atoms with E-state index in [-0.39, 0.29) is 24.1 Å². The third-order valence-corrected chi connectivity index (χ3v) is 5.07. The lowest BCUT2D eigenvalue weighted by atomic mass is 10.2. The Morgan fingerprint density at radius 3 is 2.45 bits per heavy atom. The molecule has 0 radical (unpaired) electrons. The van der Waals surface area contributed by atoms with Crippen molar-refractivity contribution in [1.29, 1.82) is 5.26 Å². The summed E-state index contributed by atoms with van der Waals surface area (Å²) in [4.78, 5) is 16.5. The van der Waals surface area contributed by atoms with Crippen LogP contribution in [0.5, 0.6) is 17.2 Å². The van der Waals surface area contributed by atoms with Gasteiger partial charge in [-0.05, 0) is 36.8 Å². The Balaban J connectivity index is 1.49. The highest BCUT2D eigenvalue weighted by Crippen LogP contribution is 2.28. The molecule has 164 valence electrons. The highest BCUT2D eigenvalue weighted by molar-refractivity contribution is 5.78. The first-order valence-electron chi connectivity index (χ1n) is 10.2. The number of methoxy groups -OCH3 is 1. The zero-order chi connectivity index (χ0) is 22.2. The number of nitrogens with zero attached hydrogens (tertiary/aromatic N) is 3. The SMILES string of the molecule is CCOc1cc(C#N)ccc1OCC(=O)N1CCN(Cc2ccc(OC)c(F)c2)CC1. The molecule has 31 heavy (non-hydrogen) atoms. The predicted molar refractivity (Wildman–Crippen MR) is 113 cm³/mol. The second-order valence-corrected chi connectivity index (χ2v) is 7.12. The minimum absolute atomic E-state index is 0.102. The minimum Gasteiger partial charge on any atom is -0.494 e. The fraction of sp³-hybridized carbons (Fsp3) is 0.391. The molecule has 7 nitrogen and oxygen atoms in total. The Hall–Kier alpha value is -3.31. The van der Waals surface area contributed by atoms with E-state index >= 15 is 0 Å². The maximum atomic E-state index is 13.9. The van der Waals surface area contributed by atoms with Crippen LogP contribution in [0.1, 0.15) is 18.1 Å². The zero-order valence-corrected chi connectivity index (χ0v) is 17.8. The molecule has 8 heteroatoms. The molecule has 0 saturated carbocycles. The van der Waals surface area contributed by atoms with E-state index in [1.165, 1.54) is 13.2 Å². The molecule has 1 aliphatic heterocycles. The molecule has 1 fully saturated rings. The van der Waals surface area contributed by atoms with Gasteiger partial charge >= 0.3 is 0 Å². The van der Waals surface area contributed by atoms with E-state index in [1.54, 1.807) is 29.2 Å². The summed E-state index contributed by atoms with van der Waals surface area (Å²) in [6.07, 6.45) is 0. The lowest BCUT2D eigenvalue weighted by molar-refractivity contribution is -0.135. The number of halogens is 1. The van der Waals surface area contributed by atoms with E-state index < -0.39 is 0 Å². The Morgan fingerprint density at radius 1 is 1.06 bits per heavy atom. The lowest BCUT2D eigenvalue weighted by Gasteiger charge is -2.34. The molecule has 0 aromatic heterocycles. The van der Waals surface area contributed by atoms with Crippen molar-refractivity contribution in [2.24, 2.45) is 0 Å². The number of amides is 1. The van der Waals surface area contributed by atoms with Crippen LogP contribution in [-0.2, 0) is 11.3 Å². The number of benzene rings is 2. The number of rotatable bonds is 8. The first kappa shape index (κ1) is 22.4. The largest absolute Gasteiger partial charge is 0.494 e. The van der Waals surface area contributed by atoms with Gasteiger partial charge in [0, 0.05) is 38.8 Å². The van der Waals surface area contributed by atoms with E-state index in [2.05, 4.69) is 11.0 Å². The Morgan fingerprint density at radius 2 is 1.81 bits per heavy atom. The van der Waals surface area contributed by atoms with Gasteiger partial charge in [0.15, 0.2) is 29.7 Å². The lowest BCUT2D eigenvalue weighted by Crippen LogP contribution is -2.49. The maximum absolute atomic E-state index is 13.9. The number of nitriles is 1. The van der Waals surface area contributed by atoms with E-state index in [4.69, 9.17) is 19.5 Å². The van der Waals surface area contributed by atoms with E-state index in [1.807, 2.05) is 13.0 Å². The number of piperazine rings is 1. The summed E-state index contributed by atoms with van der Waals surface area (Å²) >= 11 is 0. The van der Waals surface area contributed by atoms with Crippen LogP contribution in [0.3, 0.4) is 0 Å². The minimum atomic E-state index is -0.375. The quantitative estimate of drug-likeness (QED) is 0.645. The van der Waals surface area contributed by atoms with Crippen molar-refractivity contribution in [2.45, 2.75) is 13.5 Å². The number of ether oxygens (including phenoxy) is 3. The van der Waals surface area contributed by atoms with Crippen LogP contribution in [0.15, 0.2) is 36.4 Å². The molecule has 0 unspecified atom stereocenters. The fourth-order valence-electron chi connectivity index (χ4n) is 3.42. The topological polar surface area (TPSA) is 75.0 Å². The van der Waals surface area contributed by atoms with Gasteiger partial charge in [0.2, 0.25) is 0 Å². The van der Waals surface area contributed by atoms with Gasteiger partial charge in [-0.3, -0.25) is 9.69 Å². The molecule has 0 bridgehead atoms. The molecule has 2 aromatic carbocycles. The molecular weight excluding hydrogens is 401 g/mol. The zero-order valence-electron chi connectivity index (χ0n) is 17.8. The van der Waals surface area contributed by atoms with Crippen LogP contribution in [-0.4, -0.2) is 62.2 Å². The molecule has 1 saturated heterocycles. The van der Waals surface area contributed by atoms with E-state index in [0.29, 0.717) is 56.4 Å². The molecular formula is C23H26FN3O4. The van der Waals surface area contributed by atoms with Crippen LogP contribution in [0.2, 0.25) is 0 Å². The van der Waals surface area contributed by atoms with Crippen LogP contribution in [0.4, 0.5) is 4.39 Å². The number of hydrogen-bond acceptors (Lipinski definition) is 6. The van der Waals surface area contributed by atoms with Gasteiger partial charge in [0.1, 0.15) is 0 Å². The Bertz CT molecular complexity index is 952. The third-order valence-electron chi connectivity index (χ3n) is 5.07. The van der Waals surface area contributed by atoms with Crippen LogP contribution < -0.4 is 14.2 Å². The van der Waals surface area contributed by atoms with Crippen molar-refractivity contribution in [2.75, 3.05) is 46.5 Å². The van der Waals surface area contributed by atoms with Crippen molar-refractivity contribution in [1.82, 2.24) is 9.80 Å². The highest BCUT2D eigenvalue weighted by atomic mass is 19.1. The molecule has 0 atom stereocenters. The smallest absolute Gasteiger partial charge is 0.260 e. The van der Waals surface area contributed by atoms with Gasteiger partial charge in [-0.1, -0.05) is 6.07 Å². The summed E-state index contributed by atoms with van der Waals surface area (Å²) in [5.41, 5.74) is 1.33. The fourth-order valence-corrected chi connectivity index (χ4v) is 3.42. The second kappa shape index (κ2) is 10.6. The van der Waals surface area contributed by atoms with Crippen molar-refractivity contribution in [3.8, 4) is 23.3 Å². The molecule has 1 heterocycles. The average molecular weight is 427 g/mol. The summed E-state index contributed by atoms with van der Waals surface area (Å²) in [5.74, 6) is 0.635. The molecule has 0 spiro atoms. The summed E-state index contributed by atoms with van der Waals surface area (Å²) in [5, 5.41) is 9.03. The highest BCUT2D eigenvalue weighted by Gasteiger charge is 2.22. The number of carbonyl (C=O) groups is 1. The number of hydrogen-bond donors (Lipinski definition) is 0. The first-order valence-corrected chi connectivity index (χ1v) is 10.2. The maximum Gasteiger partial charge on any atom is 0.260 e. The first-order chi connectivity index (χ1) is 15.0. The van der Waals surface area contributed by atoms with Gasteiger partial charge < -0.3 is 19.1 Å². The normalized spacial score (nSPS) is 14.1. The van der Waals surface area contributed by atoms with E-state index in [9.17, 15) is 9.18 Å². The van der Waals surface area contributed by atoms with Gasteiger partial charge in [-0.15, -0.1) is 0 Å². The third kappa shape index (κ3) is 5.86. The van der Waals surface area contributed by atoms with Gasteiger partial charge in [0.05, 0.1) is 25.3 Å². The Labute approximate surface area is 181 Å². The van der Waals surface area contributed by atoms with Crippen LogP contribution in [0.25, 0.3) is 0 Å². The molecule has 0 N–H and O–H groups in total. The van der Waals surface area contributed by atoms with Crippen molar-refractivity contribution >= 4 is 5.91 Å². The van der Waals surface area contributed by atoms with Crippen molar-refractivity contribution < 1.29 is 23.4 Å². The Kier molecular flexibility index (Phi) is 7.68. The second-order valence-electron chi connectivity index (χ2n) is 7.12. The van der Waals surface area contributed by atoms with Crippen molar-refractivity contribution in [3.63, 3.8) is 0 Å². The van der Waals surface area contributed by atoms with Crippen LogP contribution >= 0.6 is 0 Å². The molecule has 1 amide bonds. The summed E-state index contributed by atoms with van der Waals surface area (Å²) in [6, 6.07) is 11.9. The standard InChI is InChI=1S/C23H26FN3O4/c1-3-30-22-13-17(14-25)4-7-21(22)31-16-23(28)27-10-8-26(9-11-27)15-18-5-6-20(29-2)19(24)12-18/h4-7,12-13H,3,8-11,15-16H2,1-2H3. The average Bonchev–Trinajstić information content (AvgIpc) is 2.79. The summed E-state index contributed by atoms with van der Waals surface area (Å²) in [7, 11) is 1.44. The predicted octanol–water partition coefficient (Wildman–Crippen LogP) is 2.83. The summed E-state index contributed by atoms with van der Waals surface area (Å²) < 4.78 is 30.0. The van der Waals surface area contributed by atoms with E-state index in [0.717, 1.165) is 5.56 Å². The molecule has 1 aliphatic rings. The number of carbonyl (C=O) groups excluding carboxylic acids is 1. The van der Waals surface area contributed by atoms with Gasteiger partial charge in [0.25, 0.3) is 5.91 Å². The monoisotopic (exact) mass is 427 g/mol. The van der Waals surface area contributed by atoms with Crippen LogP contribution in [0, 0.1) is 17.1 Å². The molecule has 3 rings (SSSR count). The molecule has 0 aliphatic carbocycles. The molecule has 2 aromatic rings. The van der Waals surface area contributed by atoms with Gasteiger partial charge in [-0.25, -0.2) is 4.39 Å². The summed E-state index contributed by atoms with van der Waals surface area (Å²) in [6.45, 7) is 5.32.